The first-order valence-corrected chi connectivity index (χ1v) is 10.4. The van der Waals surface area contributed by atoms with Crippen molar-refractivity contribution in [3.63, 3.8) is 0 Å². The van der Waals surface area contributed by atoms with Gasteiger partial charge < -0.3 is 15.0 Å². The minimum atomic E-state index is -0.119. The van der Waals surface area contributed by atoms with Crippen LogP contribution >= 0.6 is 0 Å². The number of aryl methyl sites for hydroxylation is 2. The summed E-state index contributed by atoms with van der Waals surface area (Å²) in [5.41, 5.74) is 3.08. The van der Waals surface area contributed by atoms with E-state index in [0.29, 0.717) is 18.8 Å². The highest BCUT2D eigenvalue weighted by atomic mass is 16.5. The number of hydrogen-bond donors (Lipinski definition) is 1. The molecule has 0 unspecified atom stereocenters. The van der Waals surface area contributed by atoms with Crippen molar-refractivity contribution < 1.29 is 14.3 Å². The largest absolute Gasteiger partial charge is 0.484 e. The van der Waals surface area contributed by atoms with E-state index >= 15 is 0 Å². The number of carbonyl (C=O) groups excluding carboxylic acids is 2. The average molecular weight is 395 g/mol. The molecule has 5 nitrogen and oxygen atoms in total. The van der Waals surface area contributed by atoms with Crippen molar-refractivity contribution >= 4 is 11.8 Å². The Balaban J connectivity index is 1.40. The summed E-state index contributed by atoms with van der Waals surface area (Å²) in [4.78, 5) is 26.7. The van der Waals surface area contributed by atoms with Crippen LogP contribution in [0.5, 0.6) is 5.75 Å². The standard InChI is InChI=1S/C24H30N2O3/c1-3-5-19-8-10-22(11-9-19)29-17-23(27)25-21-12-14-26(15-13-21)24(28)20-7-4-6-18(2)16-20/h4,6-11,16,21H,3,5,12-15,17H2,1-2H3,(H,25,27). The van der Waals surface area contributed by atoms with Gasteiger partial charge in [-0.05, 0) is 56.0 Å². The van der Waals surface area contributed by atoms with Crippen LogP contribution in [0.2, 0.25) is 0 Å². The molecule has 0 atom stereocenters. The van der Waals surface area contributed by atoms with Crippen LogP contribution in [0.15, 0.2) is 48.5 Å². The molecule has 1 fully saturated rings. The maximum atomic E-state index is 12.6. The van der Waals surface area contributed by atoms with Gasteiger partial charge in [0.1, 0.15) is 5.75 Å². The van der Waals surface area contributed by atoms with E-state index in [9.17, 15) is 9.59 Å². The lowest BCUT2D eigenvalue weighted by Gasteiger charge is -2.32. The number of piperidine rings is 1. The number of carbonyl (C=O) groups is 2. The summed E-state index contributed by atoms with van der Waals surface area (Å²) in [6.45, 7) is 5.45. The van der Waals surface area contributed by atoms with Gasteiger partial charge in [-0.15, -0.1) is 0 Å². The number of ether oxygens (including phenoxy) is 1. The Morgan fingerprint density at radius 1 is 1.10 bits per heavy atom. The van der Waals surface area contributed by atoms with Gasteiger partial charge in [0.15, 0.2) is 6.61 Å². The SMILES string of the molecule is CCCc1ccc(OCC(=O)NC2CCN(C(=O)c3cccc(C)c3)CC2)cc1. The van der Waals surface area contributed by atoms with Crippen LogP contribution in [0.4, 0.5) is 0 Å². The quantitative estimate of drug-likeness (QED) is 0.778. The van der Waals surface area contributed by atoms with Crippen LogP contribution in [-0.4, -0.2) is 42.5 Å². The Morgan fingerprint density at radius 2 is 1.83 bits per heavy atom. The first-order valence-electron chi connectivity index (χ1n) is 10.4. The zero-order chi connectivity index (χ0) is 20.6. The van der Waals surface area contributed by atoms with Crippen LogP contribution in [0.3, 0.4) is 0 Å². The highest BCUT2D eigenvalue weighted by Gasteiger charge is 2.24. The van der Waals surface area contributed by atoms with E-state index in [1.165, 1.54) is 5.56 Å². The summed E-state index contributed by atoms with van der Waals surface area (Å²) in [5, 5.41) is 3.03. The summed E-state index contributed by atoms with van der Waals surface area (Å²) in [6, 6.07) is 15.7. The van der Waals surface area contributed by atoms with Gasteiger partial charge in [-0.25, -0.2) is 0 Å². The zero-order valence-corrected chi connectivity index (χ0v) is 17.3. The number of benzene rings is 2. The second-order valence-electron chi connectivity index (χ2n) is 7.69. The molecule has 1 saturated heterocycles. The first-order chi connectivity index (χ1) is 14.0. The van der Waals surface area contributed by atoms with Crippen molar-refractivity contribution in [3.8, 4) is 5.75 Å². The average Bonchev–Trinajstić information content (AvgIpc) is 2.73. The van der Waals surface area contributed by atoms with Gasteiger partial charge in [0, 0.05) is 24.7 Å². The number of amides is 2. The minimum Gasteiger partial charge on any atom is -0.484 e. The predicted molar refractivity (Wildman–Crippen MR) is 114 cm³/mol. The van der Waals surface area contributed by atoms with E-state index in [2.05, 4.69) is 12.2 Å². The lowest BCUT2D eigenvalue weighted by Crippen LogP contribution is -2.47. The molecule has 1 N–H and O–H groups in total. The molecule has 2 amide bonds. The molecule has 154 valence electrons. The van der Waals surface area contributed by atoms with Gasteiger partial charge in [-0.3, -0.25) is 9.59 Å². The molecular formula is C24H30N2O3. The normalized spacial score (nSPS) is 14.5. The molecule has 0 saturated carbocycles. The Hall–Kier alpha value is -2.82. The van der Waals surface area contributed by atoms with E-state index in [0.717, 1.165) is 36.8 Å². The lowest BCUT2D eigenvalue weighted by molar-refractivity contribution is -0.124. The predicted octanol–water partition coefficient (Wildman–Crippen LogP) is 3.75. The third kappa shape index (κ3) is 6.08. The van der Waals surface area contributed by atoms with E-state index in [-0.39, 0.29) is 24.5 Å². The topological polar surface area (TPSA) is 58.6 Å². The molecule has 3 rings (SSSR count). The Morgan fingerprint density at radius 3 is 2.48 bits per heavy atom. The van der Waals surface area contributed by atoms with E-state index < -0.39 is 0 Å². The number of rotatable bonds is 7. The lowest BCUT2D eigenvalue weighted by atomic mass is 10.0. The van der Waals surface area contributed by atoms with Crippen LogP contribution in [0.1, 0.15) is 47.7 Å². The third-order valence-corrected chi connectivity index (χ3v) is 5.24. The van der Waals surface area contributed by atoms with Crippen molar-refractivity contribution in [2.24, 2.45) is 0 Å². The molecule has 0 aromatic heterocycles. The number of nitrogens with one attached hydrogen (secondary N) is 1. The molecule has 0 radical (unpaired) electrons. The van der Waals surface area contributed by atoms with Gasteiger partial charge in [-0.1, -0.05) is 43.2 Å². The highest BCUT2D eigenvalue weighted by Crippen LogP contribution is 2.16. The van der Waals surface area contributed by atoms with Crippen LogP contribution in [-0.2, 0) is 11.2 Å². The fourth-order valence-corrected chi connectivity index (χ4v) is 3.65. The third-order valence-electron chi connectivity index (χ3n) is 5.24. The summed E-state index contributed by atoms with van der Waals surface area (Å²) in [7, 11) is 0. The first kappa shape index (κ1) is 20.9. The molecule has 2 aromatic carbocycles. The maximum absolute atomic E-state index is 12.6. The fraction of sp³-hybridized carbons (Fsp3) is 0.417. The van der Waals surface area contributed by atoms with E-state index in [4.69, 9.17) is 4.74 Å². The number of nitrogens with zero attached hydrogens (tertiary/aromatic N) is 1. The zero-order valence-electron chi connectivity index (χ0n) is 17.3. The van der Waals surface area contributed by atoms with Crippen LogP contribution < -0.4 is 10.1 Å². The van der Waals surface area contributed by atoms with Gasteiger partial charge in [0.25, 0.3) is 11.8 Å². The highest BCUT2D eigenvalue weighted by molar-refractivity contribution is 5.94. The fourth-order valence-electron chi connectivity index (χ4n) is 3.65. The summed E-state index contributed by atoms with van der Waals surface area (Å²) < 4.78 is 5.59. The molecule has 1 aliphatic heterocycles. The Kier molecular flexibility index (Phi) is 7.28. The van der Waals surface area contributed by atoms with E-state index in [1.807, 2.05) is 60.4 Å². The van der Waals surface area contributed by atoms with Crippen molar-refractivity contribution in [2.45, 2.75) is 45.6 Å². The number of hydrogen-bond acceptors (Lipinski definition) is 3. The smallest absolute Gasteiger partial charge is 0.258 e. The maximum Gasteiger partial charge on any atom is 0.258 e. The monoisotopic (exact) mass is 394 g/mol. The molecule has 0 spiro atoms. The Labute approximate surface area is 173 Å². The molecule has 1 heterocycles. The molecule has 0 aliphatic carbocycles. The van der Waals surface area contributed by atoms with Crippen molar-refractivity contribution in [1.82, 2.24) is 10.2 Å². The van der Waals surface area contributed by atoms with Gasteiger partial charge in [0.05, 0.1) is 0 Å². The van der Waals surface area contributed by atoms with E-state index in [1.54, 1.807) is 0 Å². The van der Waals surface area contributed by atoms with Crippen molar-refractivity contribution in [3.05, 3.63) is 65.2 Å². The van der Waals surface area contributed by atoms with Gasteiger partial charge in [-0.2, -0.15) is 0 Å². The number of likely N-dealkylation sites (tertiary alicyclic amines) is 1. The van der Waals surface area contributed by atoms with Crippen molar-refractivity contribution in [1.29, 1.82) is 0 Å². The summed E-state index contributed by atoms with van der Waals surface area (Å²) in [6.07, 6.45) is 3.67. The molecule has 0 bridgehead atoms. The summed E-state index contributed by atoms with van der Waals surface area (Å²) >= 11 is 0. The minimum absolute atomic E-state index is 0.00949. The van der Waals surface area contributed by atoms with Crippen LogP contribution in [0.25, 0.3) is 0 Å². The van der Waals surface area contributed by atoms with Gasteiger partial charge in [0.2, 0.25) is 0 Å². The van der Waals surface area contributed by atoms with Crippen LogP contribution in [0, 0.1) is 6.92 Å². The molecule has 5 heteroatoms. The second-order valence-corrected chi connectivity index (χ2v) is 7.69. The summed E-state index contributed by atoms with van der Waals surface area (Å²) in [5.74, 6) is 0.651. The molecule has 29 heavy (non-hydrogen) atoms. The molecule has 1 aliphatic rings. The second kappa shape index (κ2) is 10.1. The molecular weight excluding hydrogens is 364 g/mol. The molecule has 2 aromatic rings. The van der Waals surface area contributed by atoms with Crippen molar-refractivity contribution in [2.75, 3.05) is 19.7 Å². The van der Waals surface area contributed by atoms with Gasteiger partial charge >= 0.3 is 0 Å². The Bertz CT molecular complexity index is 824.